The Morgan fingerprint density at radius 1 is 1.18 bits per heavy atom. The molecule has 0 aliphatic carbocycles. The van der Waals surface area contributed by atoms with E-state index in [0.717, 1.165) is 25.1 Å². The second-order valence-corrected chi connectivity index (χ2v) is 4.03. The topological polar surface area (TPSA) is 38.3 Å². The summed E-state index contributed by atoms with van der Waals surface area (Å²) in [5.41, 5.74) is 1.06. The van der Waals surface area contributed by atoms with Crippen molar-refractivity contribution < 1.29 is 9.53 Å². The van der Waals surface area contributed by atoms with Crippen LogP contribution >= 0.6 is 0 Å². The predicted molar refractivity (Wildman–Crippen MR) is 70.4 cm³/mol. The first-order valence-electron chi connectivity index (χ1n) is 6.31. The molecule has 0 aliphatic heterocycles. The van der Waals surface area contributed by atoms with E-state index in [1.165, 1.54) is 6.42 Å². The van der Waals surface area contributed by atoms with E-state index >= 15 is 0 Å². The Balaban J connectivity index is 2.41. The molecule has 0 aromatic heterocycles. The molecule has 1 aromatic rings. The molecule has 0 heterocycles. The van der Waals surface area contributed by atoms with E-state index in [0.29, 0.717) is 12.2 Å². The summed E-state index contributed by atoms with van der Waals surface area (Å²) in [7, 11) is 0. The lowest BCUT2D eigenvalue weighted by molar-refractivity contribution is -0.134. The van der Waals surface area contributed by atoms with Gasteiger partial charge in [-0.2, -0.15) is 0 Å². The lowest BCUT2D eigenvalue weighted by Crippen LogP contribution is -2.07. The largest absolute Gasteiger partial charge is 0.427 e. The standard InChI is InChI=1S/C14H21NO2/c1-3-5-11-15-12-7-9-13(10-8-12)17-14(16)6-4-2/h7-10,15H,3-6,11H2,1-2H3. The Bertz CT molecular complexity index is 333. The third-order valence-electron chi connectivity index (χ3n) is 2.40. The normalized spacial score (nSPS) is 10.0. The molecule has 3 heteroatoms. The monoisotopic (exact) mass is 235 g/mol. The van der Waals surface area contributed by atoms with Crippen LogP contribution < -0.4 is 10.1 Å². The van der Waals surface area contributed by atoms with Crippen LogP contribution in [-0.4, -0.2) is 12.5 Å². The number of carbonyl (C=O) groups excluding carboxylic acids is 1. The summed E-state index contributed by atoms with van der Waals surface area (Å²) in [6.45, 7) is 5.10. The van der Waals surface area contributed by atoms with Crippen molar-refractivity contribution in [3.8, 4) is 5.75 Å². The lowest BCUT2D eigenvalue weighted by atomic mass is 10.3. The Morgan fingerprint density at radius 3 is 2.47 bits per heavy atom. The average molecular weight is 235 g/mol. The van der Waals surface area contributed by atoms with Crippen molar-refractivity contribution >= 4 is 11.7 Å². The van der Waals surface area contributed by atoms with Gasteiger partial charge in [0.15, 0.2) is 0 Å². The van der Waals surface area contributed by atoms with Crippen molar-refractivity contribution in [3.63, 3.8) is 0 Å². The zero-order valence-electron chi connectivity index (χ0n) is 10.7. The zero-order valence-corrected chi connectivity index (χ0v) is 10.7. The molecular weight excluding hydrogens is 214 g/mol. The van der Waals surface area contributed by atoms with E-state index in [1.807, 2.05) is 31.2 Å². The number of rotatable bonds is 7. The third-order valence-corrected chi connectivity index (χ3v) is 2.40. The van der Waals surface area contributed by atoms with Gasteiger partial charge in [0.2, 0.25) is 0 Å². The number of benzene rings is 1. The first-order chi connectivity index (χ1) is 8.26. The fraction of sp³-hybridized carbons (Fsp3) is 0.500. The van der Waals surface area contributed by atoms with E-state index in [-0.39, 0.29) is 5.97 Å². The number of hydrogen-bond donors (Lipinski definition) is 1. The highest BCUT2D eigenvalue weighted by Gasteiger charge is 2.02. The van der Waals surface area contributed by atoms with Gasteiger partial charge in [0.1, 0.15) is 5.75 Å². The second kappa shape index (κ2) is 7.71. The fourth-order valence-electron chi connectivity index (χ4n) is 1.44. The highest BCUT2D eigenvalue weighted by Crippen LogP contribution is 2.16. The van der Waals surface area contributed by atoms with Crippen molar-refractivity contribution in [1.82, 2.24) is 0 Å². The number of ether oxygens (including phenoxy) is 1. The highest BCUT2D eigenvalue weighted by molar-refractivity contribution is 5.72. The van der Waals surface area contributed by atoms with Crippen molar-refractivity contribution in [1.29, 1.82) is 0 Å². The fourth-order valence-corrected chi connectivity index (χ4v) is 1.44. The summed E-state index contributed by atoms with van der Waals surface area (Å²) in [5.74, 6) is 0.448. The lowest BCUT2D eigenvalue weighted by Gasteiger charge is -2.07. The number of carbonyl (C=O) groups is 1. The third kappa shape index (κ3) is 5.38. The summed E-state index contributed by atoms with van der Waals surface area (Å²) < 4.78 is 5.17. The first-order valence-corrected chi connectivity index (χ1v) is 6.31. The Hall–Kier alpha value is -1.51. The van der Waals surface area contributed by atoms with E-state index in [9.17, 15) is 4.79 Å². The summed E-state index contributed by atoms with van der Waals surface area (Å²) in [6.07, 6.45) is 3.62. The minimum Gasteiger partial charge on any atom is -0.427 e. The molecule has 3 nitrogen and oxygen atoms in total. The molecule has 0 radical (unpaired) electrons. The van der Waals surface area contributed by atoms with Gasteiger partial charge in [-0.15, -0.1) is 0 Å². The molecule has 1 rings (SSSR count). The average Bonchev–Trinajstić information content (AvgIpc) is 2.32. The van der Waals surface area contributed by atoms with E-state index in [1.54, 1.807) is 0 Å². The van der Waals surface area contributed by atoms with E-state index in [2.05, 4.69) is 12.2 Å². The maximum absolute atomic E-state index is 11.3. The van der Waals surface area contributed by atoms with Gasteiger partial charge in [0.25, 0.3) is 0 Å². The zero-order chi connectivity index (χ0) is 12.5. The summed E-state index contributed by atoms with van der Waals surface area (Å²) in [4.78, 5) is 11.3. The van der Waals surface area contributed by atoms with Gasteiger partial charge in [0.05, 0.1) is 0 Å². The number of nitrogens with one attached hydrogen (secondary N) is 1. The van der Waals surface area contributed by atoms with Crippen molar-refractivity contribution in [2.45, 2.75) is 39.5 Å². The van der Waals surface area contributed by atoms with Gasteiger partial charge < -0.3 is 10.1 Å². The molecule has 1 N–H and O–H groups in total. The minimum atomic E-state index is -0.167. The number of anilines is 1. The van der Waals surface area contributed by atoms with Crippen LogP contribution in [0, 0.1) is 0 Å². The van der Waals surface area contributed by atoms with Crippen LogP contribution in [0.25, 0.3) is 0 Å². The molecule has 0 aliphatic rings. The van der Waals surface area contributed by atoms with Crippen LogP contribution in [0.2, 0.25) is 0 Å². The van der Waals surface area contributed by atoms with Gasteiger partial charge in [0, 0.05) is 18.7 Å². The van der Waals surface area contributed by atoms with Gasteiger partial charge in [-0.25, -0.2) is 0 Å². The minimum absolute atomic E-state index is 0.167. The molecular formula is C14H21NO2. The summed E-state index contributed by atoms with van der Waals surface area (Å²) in [5, 5.41) is 3.31. The van der Waals surface area contributed by atoms with Crippen LogP contribution in [0.3, 0.4) is 0 Å². The van der Waals surface area contributed by atoms with E-state index < -0.39 is 0 Å². The Kier molecular flexibility index (Phi) is 6.15. The summed E-state index contributed by atoms with van der Waals surface area (Å²) in [6, 6.07) is 7.51. The van der Waals surface area contributed by atoms with Crippen molar-refractivity contribution in [2.75, 3.05) is 11.9 Å². The molecule has 0 spiro atoms. The van der Waals surface area contributed by atoms with Gasteiger partial charge in [-0.05, 0) is 37.1 Å². The first kappa shape index (κ1) is 13.6. The van der Waals surface area contributed by atoms with E-state index in [4.69, 9.17) is 4.74 Å². The molecule has 0 amide bonds. The predicted octanol–water partition coefficient (Wildman–Crippen LogP) is 3.60. The second-order valence-electron chi connectivity index (χ2n) is 4.03. The number of hydrogen-bond acceptors (Lipinski definition) is 3. The number of esters is 1. The molecule has 94 valence electrons. The van der Waals surface area contributed by atoms with Gasteiger partial charge in [-0.1, -0.05) is 20.3 Å². The molecule has 0 saturated carbocycles. The van der Waals surface area contributed by atoms with Crippen LogP contribution in [0.4, 0.5) is 5.69 Å². The molecule has 17 heavy (non-hydrogen) atoms. The quantitative estimate of drug-likeness (QED) is 0.446. The van der Waals surface area contributed by atoms with Gasteiger partial charge >= 0.3 is 5.97 Å². The Morgan fingerprint density at radius 2 is 1.88 bits per heavy atom. The van der Waals surface area contributed by atoms with Gasteiger partial charge in [-0.3, -0.25) is 4.79 Å². The van der Waals surface area contributed by atoms with Crippen LogP contribution in [0.5, 0.6) is 5.75 Å². The smallest absolute Gasteiger partial charge is 0.311 e. The van der Waals surface area contributed by atoms with Crippen molar-refractivity contribution in [2.24, 2.45) is 0 Å². The van der Waals surface area contributed by atoms with Crippen molar-refractivity contribution in [3.05, 3.63) is 24.3 Å². The van der Waals surface area contributed by atoms with Crippen LogP contribution in [0.15, 0.2) is 24.3 Å². The highest BCUT2D eigenvalue weighted by atomic mass is 16.5. The molecule has 0 bridgehead atoms. The Labute approximate surface area is 103 Å². The number of unbranched alkanes of at least 4 members (excludes halogenated alkanes) is 1. The maximum Gasteiger partial charge on any atom is 0.311 e. The van der Waals surface area contributed by atoms with Crippen LogP contribution in [-0.2, 0) is 4.79 Å². The molecule has 0 atom stereocenters. The SMILES string of the molecule is CCCCNc1ccc(OC(=O)CCC)cc1. The molecule has 0 unspecified atom stereocenters. The molecule has 0 saturated heterocycles. The summed E-state index contributed by atoms with van der Waals surface area (Å²) >= 11 is 0. The maximum atomic E-state index is 11.3. The van der Waals surface area contributed by atoms with Crippen LogP contribution in [0.1, 0.15) is 39.5 Å². The molecule has 1 aromatic carbocycles. The molecule has 0 fully saturated rings.